The van der Waals surface area contributed by atoms with E-state index in [4.69, 9.17) is 11.6 Å². The topological polar surface area (TPSA) is 79.8 Å². The van der Waals surface area contributed by atoms with E-state index in [1.807, 2.05) is 48.7 Å². The van der Waals surface area contributed by atoms with Crippen LogP contribution in [-0.2, 0) is 7.05 Å². The molecule has 6 nitrogen and oxygen atoms in total. The van der Waals surface area contributed by atoms with Crippen LogP contribution in [0.5, 0.6) is 0 Å². The van der Waals surface area contributed by atoms with Crippen molar-refractivity contribution in [3.8, 4) is 0 Å². The fourth-order valence-electron chi connectivity index (χ4n) is 4.23. The normalized spacial score (nSPS) is 12.3. The minimum atomic E-state index is -0.227. The highest BCUT2D eigenvalue weighted by atomic mass is 35.5. The second-order valence-corrected chi connectivity index (χ2v) is 9.38. The van der Waals surface area contributed by atoms with Crippen molar-refractivity contribution in [3.05, 3.63) is 98.0 Å². The van der Waals surface area contributed by atoms with Gasteiger partial charge in [-0.1, -0.05) is 48.0 Å². The Morgan fingerprint density at radius 1 is 1.18 bits per heavy atom. The number of thiophene rings is 1. The Kier molecular flexibility index (Phi) is 5.52. The van der Waals surface area contributed by atoms with Crippen LogP contribution in [0.15, 0.2) is 65.8 Å². The second-order valence-electron chi connectivity index (χ2n) is 7.97. The molecule has 166 valence electrons. The number of hydrogen-bond donors (Lipinski definition) is 2. The summed E-state index contributed by atoms with van der Waals surface area (Å²) in [5.74, 6) is -0.381. The molecule has 0 aliphatic rings. The molecule has 5 aromatic rings. The zero-order valence-corrected chi connectivity index (χ0v) is 19.6. The smallest absolute Gasteiger partial charge is 0.262 e. The minimum absolute atomic E-state index is 0.152. The summed E-state index contributed by atoms with van der Waals surface area (Å²) in [6.45, 7) is 2.14. The summed E-state index contributed by atoms with van der Waals surface area (Å²) in [7, 11) is 1.65. The lowest BCUT2D eigenvalue weighted by atomic mass is 9.90. The van der Waals surface area contributed by atoms with Crippen molar-refractivity contribution < 1.29 is 4.79 Å². The largest absolute Gasteiger partial charge is 0.361 e. The molecule has 8 heteroatoms. The second kappa shape index (κ2) is 8.50. The van der Waals surface area contributed by atoms with E-state index in [0.717, 1.165) is 22.0 Å². The quantitative estimate of drug-likeness (QED) is 0.374. The van der Waals surface area contributed by atoms with E-state index in [-0.39, 0.29) is 17.4 Å². The predicted molar refractivity (Wildman–Crippen MR) is 134 cm³/mol. The molecule has 0 saturated heterocycles. The van der Waals surface area contributed by atoms with Crippen molar-refractivity contribution in [1.29, 1.82) is 0 Å². The Hall–Kier alpha value is -3.42. The van der Waals surface area contributed by atoms with Crippen LogP contribution >= 0.6 is 22.9 Å². The van der Waals surface area contributed by atoms with E-state index >= 15 is 0 Å². The van der Waals surface area contributed by atoms with Gasteiger partial charge < -0.3 is 14.9 Å². The maximum atomic E-state index is 13.2. The van der Waals surface area contributed by atoms with Crippen molar-refractivity contribution in [1.82, 2.24) is 19.9 Å². The number of fused-ring (bicyclic) bond motifs is 2. The van der Waals surface area contributed by atoms with Gasteiger partial charge in [-0.05, 0) is 35.7 Å². The summed E-state index contributed by atoms with van der Waals surface area (Å²) in [6, 6.07) is 15.7. The van der Waals surface area contributed by atoms with Gasteiger partial charge in [0.25, 0.3) is 11.5 Å². The fraction of sp³-hybridized carbons (Fsp3) is 0.160. The molecule has 3 aromatic heterocycles. The van der Waals surface area contributed by atoms with Crippen LogP contribution in [0.2, 0.25) is 5.02 Å². The summed E-state index contributed by atoms with van der Waals surface area (Å²) in [5, 5.41) is 5.30. The Morgan fingerprint density at radius 3 is 2.76 bits per heavy atom. The number of benzene rings is 2. The SMILES string of the molecule is Cc1c(C(=O)NCC(c2ccccc2Cl)c2c[nH]c3ccccc23)sc2ncn(C)c(=O)c12. The molecule has 33 heavy (non-hydrogen) atoms. The van der Waals surface area contributed by atoms with E-state index in [1.54, 1.807) is 14.0 Å². The van der Waals surface area contributed by atoms with Crippen molar-refractivity contribution in [2.45, 2.75) is 12.8 Å². The molecule has 2 aromatic carbocycles. The standard InChI is InChI=1S/C25H21ClN4O2S/c1-14-21-24(29-13-30(2)25(21)32)33-22(14)23(31)28-12-17(15-7-3-5-9-19(15)26)18-11-27-20-10-6-4-8-16(18)20/h3-11,13,17,27H,12H2,1-2H3,(H,28,31). The number of carbonyl (C=O) groups excluding carboxylic acids is 1. The number of aryl methyl sites for hydroxylation is 2. The Labute approximate surface area is 198 Å². The van der Waals surface area contributed by atoms with E-state index in [1.165, 1.54) is 22.2 Å². The monoisotopic (exact) mass is 476 g/mol. The Morgan fingerprint density at radius 2 is 1.94 bits per heavy atom. The molecule has 0 bridgehead atoms. The van der Waals surface area contributed by atoms with Crippen molar-refractivity contribution in [2.24, 2.45) is 7.05 Å². The molecule has 1 atom stereocenters. The first-order valence-electron chi connectivity index (χ1n) is 10.5. The molecule has 0 aliphatic carbocycles. The van der Waals surface area contributed by atoms with Crippen LogP contribution in [-0.4, -0.2) is 27.0 Å². The zero-order chi connectivity index (χ0) is 23.1. The van der Waals surface area contributed by atoms with Gasteiger partial charge in [0.15, 0.2) is 0 Å². The molecule has 1 amide bonds. The molecule has 0 fully saturated rings. The van der Waals surface area contributed by atoms with Crippen molar-refractivity contribution >= 4 is 50.0 Å². The summed E-state index contributed by atoms with van der Waals surface area (Å²) in [5.41, 5.74) is 3.52. The number of amides is 1. The molecular weight excluding hydrogens is 456 g/mol. The highest BCUT2D eigenvalue weighted by Crippen LogP contribution is 2.34. The highest BCUT2D eigenvalue weighted by Gasteiger charge is 2.23. The lowest BCUT2D eigenvalue weighted by Gasteiger charge is -2.19. The predicted octanol–water partition coefficient (Wildman–Crippen LogP) is 5.00. The third-order valence-electron chi connectivity index (χ3n) is 5.96. The maximum absolute atomic E-state index is 13.2. The van der Waals surface area contributed by atoms with E-state index in [9.17, 15) is 9.59 Å². The zero-order valence-electron chi connectivity index (χ0n) is 18.1. The van der Waals surface area contributed by atoms with Gasteiger partial charge in [-0.25, -0.2) is 4.98 Å². The van der Waals surface area contributed by atoms with Crippen LogP contribution in [0.25, 0.3) is 21.1 Å². The van der Waals surface area contributed by atoms with E-state index in [2.05, 4.69) is 21.4 Å². The van der Waals surface area contributed by atoms with Crippen LogP contribution in [0.3, 0.4) is 0 Å². The van der Waals surface area contributed by atoms with Gasteiger partial charge in [0, 0.05) is 41.6 Å². The number of H-pyrrole nitrogens is 1. The number of aromatic amines is 1. The summed E-state index contributed by atoms with van der Waals surface area (Å²) < 4.78 is 1.42. The first-order valence-corrected chi connectivity index (χ1v) is 11.7. The molecule has 0 saturated carbocycles. The number of para-hydroxylation sites is 1. The van der Waals surface area contributed by atoms with Gasteiger partial charge in [0.1, 0.15) is 4.83 Å². The van der Waals surface area contributed by atoms with Crippen LogP contribution < -0.4 is 10.9 Å². The fourth-order valence-corrected chi connectivity index (χ4v) is 5.55. The number of nitrogens with zero attached hydrogens (tertiary/aromatic N) is 2. The third kappa shape index (κ3) is 3.73. The summed E-state index contributed by atoms with van der Waals surface area (Å²) >= 11 is 7.80. The van der Waals surface area contributed by atoms with Gasteiger partial charge in [0.05, 0.1) is 16.6 Å². The molecule has 5 rings (SSSR count). The summed E-state index contributed by atoms with van der Waals surface area (Å²) in [6.07, 6.45) is 3.45. The van der Waals surface area contributed by atoms with Gasteiger partial charge >= 0.3 is 0 Å². The highest BCUT2D eigenvalue weighted by molar-refractivity contribution is 7.20. The minimum Gasteiger partial charge on any atom is -0.361 e. The molecule has 1 unspecified atom stereocenters. The maximum Gasteiger partial charge on any atom is 0.262 e. The number of nitrogens with one attached hydrogen (secondary N) is 2. The Bertz CT molecular complexity index is 1570. The number of halogens is 1. The molecule has 0 spiro atoms. The number of hydrogen-bond acceptors (Lipinski definition) is 4. The van der Waals surface area contributed by atoms with Gasteiger partial charge in [-0.3, -0.25) is 9.59 Å². The molecule has 0 radical (unpaired) electrons. The van der Waals surface area contributed by atoms with Crippen LogP contribution in [0.1, 0.15) is 32.3 Å². The van der Waals surface area contributed by atoms with Crippen LogP contribution in [0.4, 0.5) is 0 Å². The molecule has 3 heterocycles. The molecular formula is C25H21ClN4O2S. The average molecular weight is 477 g/mol. The average Bonchev–Trinajstić information content (AvgIpc) is 3.39. The number of rotatable bonds is 5. The Balaban J connectivity index is 1.51. The van der Waals surface area contributed by atoms with Gasteiger partial charge in [-0.15, -0.1) is 11.3 Å². The first-order chi connectivity index (χ1) is 16.0. The van der Waals surface area contributed by atoms with Crippen LogP contribution in [0, 0.1) is 6.92 Å². The van der Waals surface area contributed by atoms with E-state index in [0.29, 0.717) is 32.2 Å². The number of carbonyl (C=O) groups is 1. The third-order valence-corrected chi connectivity index (χ3v) is 7.50. The van der Waals surface area contributed by atoms with Gasteiger partial charge in [0.2, 0.25) is 0 Å². The van der Waals surface area contributed by atoms with E-state index < -0.39 is 0 Å². The summed E-state index contributed by atoms with van der Waals surface area (Å²) in [4.78, 5) is 34.4. The first kappa shape index (κ1) is 21.4. The number of aromatic nitrogens is 3. The lowest BCUT2D eigenvalue weighted by molar-refractivity contribution is 0.0956. The lowest BCUT2D eigenvalue weighted by Crippen LogP contribution is -2.29. The van der Waals surface area contributed by atoms with Crippen molar-refractivity contribution in [2.75, 3.05) is 6.54 Å². The molecule has 2 N–H and O–H groups in total. The van der Waals surface area contributed by atoms with Crippen molar-refractivity contribution in [3.63, 3.8) is 0 Å². The van der Waals surface area contributed by atoms with Gasteiger partial charge in [-0.2, -0.15) is 0 Å². The molecule has 0 aliphatic heterocycles.